The number of rotatable bonds is 6. The number of hydrogen-bond acceptors (Lipinski definition) is 4. The molecule has 1 amide bonds. The molecule has 0 bridgehead atoms. The molecule has 0 N–H and O–H groups in total. The predicted octanol–water partition coefficient (Wildman–Crippen LogP) is 3.15. The fraction of sp³-hybridized carbons (Fsp3) is 0.316. The Labute approximate surface area is 178 Å². The van der Waals surface area contributed by atoms with Crippen LogP contribution in [0.3, 0.4) is 0 Å². The van der Waals surface area contributed by atoms with Crippen LogP contribution in [0.25, 0.3) is 0 Å². The van der Waals surface area contributed by atoms with Crippen LogP contribution in [0.2, 0.25) is 5.02 Å². The van der Waals surface area contributed by atoms with E-state index in [0.29, 0.717) is 31.3 Å². The van der Waals surface area contributed by atoms with Gasteiger partial charge in [-0.15, -0.1) is 0 Å². The van der Waals surface area contributed by atoms with Gasteiger partial charge in [-0.1, -0.05) is 39.7 Å². The van der Waals surface area contributed by atoms with Crippen LogP contribution in [-0.2, 0) is 26.1 Å². The number of amides is 1. The van der Waals surface area contributed by atoms with Gasteiger partial charge in [0.2, 0.25) is 15.9 Å². The van der Waals surface area contributed by atoms with Crippen LogP contribution in [0.15, 0.2) is 57.9 Å². The standard InChI is InChI=1S/C19H20BrClN2O4S/c20-16-3-7-18(8-4-16)28(25,26)23(13-15-1-5-17(21)6-2-15)14-19(24)22-9-11-27-12-10-22/h1-8H,9-14H2. The van der Waals surface area contributed by atoms with Gasteiger partial charge in [-0.3, -0.25) is 4.79 Å². The lowest BCUT2D eigenvalue weighted by Gasteiger charge is -2.29. The molecule has 6 nitrogen and oxygen atoms in total. The molecule has 1 heterocycles. The molecule has 0 saturated carbocycles. The van der Waals surface area contributed by atoms with Crippen LogP contribution < -0.4 is 0 Å². The monoisotopic (exact) mass is 486 g/mol. The molecule has 0 aliphatic carbocycles. The maximum atomic E-state index is 13.2. The molecule has 9 heteroatoms. The Balaban J connectivity index is 1.87. The number of nitrogens with zero attached hydrogens (tertiary/aromatic N) is 2. The van der Waals surface area contributed by atoms with E-state index in [9.17, 15) is 13.2 Å². The Bertz CT molecular complexity index is 914. The first kappa shape index (κ1) is 21.3. The van der Waals surface area contributed by atoms with Crippen molar-refractivity contribution in [3.8, 4) is 0 Å². The lowest BCUT2D eigenvalue weighted by molar-refractivity contribution is -0.135. The average Bonchev–Trinajstić information content (AvgIpc) is 2.70. The normalized spacial score (nSPS) is 15.0. The van der Waals surface area contributed by atoms with Gasteiger partial charge in [0.05, 0.1) is 24.7 Å². The molecule has 0 atom stereocenters. The summed E-state index contributed by atoms with van der Waals surface area (Å²) in [4.78, 5) is 14.5. The number of halogens is 2. The zero-order valence-corrected chi connectivity index (χ0v) is 18.2. The molecule has 0 aromatic heterocycles. The number of sulfonamides is 1. The highest BCUT2D eigenvalue weighted by molar-refractivity contribution is 9.10. The number of ether oxygens (including phenoxy) is 1. The molecule has 0 unspecified atom stereocenters. The third kappa shape index (κ3) is 5.33. The second-order valence-electron chi connectivity index (χ2n) is 6.35. The Hall–Kier alpha value is -1.45. The fourth-order valence-corrected chi connectivity index (χ4v) is 4.61. The molecule has 3 rings (SSSR count). The number of carbonyl (C=O) groups excluding carboxylic acids is 1. The summed E-state index contributed by atoms with van der Waals surface area (Å²) in [6.45, 7) is 1.69. The van der Waals surface area contributed by atoms with Crippen molar-refractivity contribution in [2.24, 2.45) is 0 Å². The Kier molecular flexibility index (Phi) is 7.11. The van der Waals surface area contributed by atoms with Crippen LogP contribution in [0.1, 0.15) is 5.56 Å². The van der Waals surface area contributed by atoms with Gasteiger partial charge in [0.1, 0.15) is 0 Å². The molecule has 1 saturated heterocycles. The van der Waals surface area contributed by atoms with Crippen molar-refractivity contribution in [2.75, 3.05) is 32.8 Å². The van der Waals surface area contributed by atoms with Crippen molar-refractivity contribution in [1.82, 2.24) is 9.21 Å². The highest BCUT2D eigenvalue weighted by Gasteiger charge is 2.29. The van der Waals surface area contributed by atoms with Crippen LogP contribution in [0.5, 0.6) is 0 Å². The predicted molar refractivity (Wildman–Crippen MR) is 111 cm³/mol. The summed E-state index contributed by atoms with van der Waals surface area (Å²) in [7, 11) is -3.86. The van der Waals surface area contributed by atoms with E-state index in [1.807, 2.05) is 0 Å². The lowest BCUT2D eigenvalue weighted by atomic mass is 10.2. The van der Waals surface area contributed by atoms with Crippen molar-refractivity contribution < 1.29 is 17.9 Å². The molecule has 28 heavy (non-hydrogen) atoms. The average molecular weight is 488 g/mol. The first-order chi connectivity index (χ1) is 13.4. The highest BCUT2D eigenvalue weighted by atomic mass is 79.9. The van der Waals surface area contributed by atoms with Gasteiger partial charge >= 0.3 is 0 Å². The van der Waals surface area contributed by atoms with Crippen LogP contribution in [0, 0.1) is 0 Å². The first-order valence-corrected chi connectivity index (χ1v) is 11.3. The van der Waals surface area contributed by atoms with Crippen LogP contribution in [-0.4, -0.2) is 56.4 Å². The van der Waals surface area contributed by atoms with Crippen molar-refractivity contribution in [3.05, 3.63) is 63.6 Å². The van der Waals surface area contributed by atoms with E-state index in [-0.39, 0.29) is 23.9 Å². The van der Waals surface area contributed by atoms with Gasteiger partial charge in [0.25, 0.3) is 0 Å². The summed E-state index contributed by atoms with van der Waals surface area (Å²) in [6, 6.07) is 13.3. The van der Waals surface area contributed by atoms with Gasteiger partial charge in [-0.25, -0.2) is 8.42 Å². The highest BCUT2D eigenvalue weighted by Crippen LogP contribution is 2.22. The second kappa shape index (κ2) is 9.37. The van der Waals surface area contributed by atoms with E-state index >= 15 is 0 Å². The van der Waals surface area contributed by atoms with Crippen molar-refractivity contribution in [1.29, 1.82) is 0 Å². The van der Waals surface area contributed by atoms with Crippen LogP contribution >= 0.6 is 27.5 Å². The van der Waals surface area contributed by atoms with E-state index in [1.165, 1.54) is 16.4 Å². The smallest absolute Gasteiger partial charge is 0.243 e. The minimum Gasteiger partial charge on any atom is -0.378 e. The Morgan fingerprint density at radius 1 is 1.07 bits per heavy atom. The zero-order chi connectivity index (χ0) is 20.1. The van der Waals surface area contributed by atoms with Gasteiger partial charge in [0.15, 0.2) is 0 Å². The first-order valence-electron chi connectivity index (χ1n) is 8.72. The molecular formula is C19H20BrClN2O4S. The van der Waals surface area contributed by atoms with Gasteiger partial charge < -0.3 is 9.64 Å². The number of hydrogen-bond donors (Lipinski definition) is 0. The maximum absolute atomic E-state index is 13.2. The van der Waals surface area contributed by atoms with Crippen molar-refractivity contribution in [3.63, 3.8) is 0 Å². The quantitative estimate of drug-likeness (QED) is 0.628. The van der Waals surface area contributed by atoms with E-state index < -0.39 is 10.0 Å². The number of benzene rings is 2. The van der Waals surface area contributed by atoms with E-state index in [0.717, 1.165) is 10.0 Å². The van der Waals surface area contributed by atoms with E-state index in [2.05, 4.69) is 15.9 Å². The number of carbonyl (C=O) groups is 1. The van der Waals surface area contributed by atoms with E-state index in [1.54, 1.807) is 41.3 Å². The summed E-state index contributed by atoms with van der Waals surface area (Å²) in [5.41, 5.74) is 0.750. The number of morpholine rings is 1. The SMILES string of the molecule is O=C(CN(Cc1ccc(Cl)cc1)S(=O)(=O)c1ccc(Br)cc1)N1CCOCC1. The molecule has 1 fully saturated rings. The summed E-state index contributed by atoms with van der Waals surface area (Å²) < 4.78 is 33.7. The molecule has 0 spiro atoms. The third-order valence-electron chi connectivity index (χ3n) is 4.40. The molecular weight excluding hydrogens is 468 g/mol. The molecule has 0 radical (unpaired) electrons. The fourth-order valence-electron chi connectivity index (χ4n) is 2.84. The van der Waals surface area contributed by atoms with Crippen LogP contribution in [0.4, 0.5) is 0 Å². The van der Waals surface area contributed by atoms with E-state index in [4.69, 9.17) is 16.3 Å². The van der Waals surface area contributed by atoms with Gasteiger partial charge in [-0.05, 0) is 42.0 Å². The zero-order valence-electron chi connectivity index (χ0n) is 15.1. The third-order valence-corrected chi connectivity index (χ3v) is 6.99. The maximum Gasteiger partial charge on any atom is 0.243 e. The lowest BCUT2D eigenvalue weighted by Crippen LogP contribution is -2.46. The molecule has 1 aliphatic rings. The van der Waals surface area contributed by atoms with Gasteiger partial charge in [-0.2, -0.15) is 4.31 Å². The Morgan fingerprint density at radius 3 is 2.29 bits per heavy atom. The minimum atomic E-state index is -3.86. The summed E-state index contributed by atoms with van der Waals surface area (Å²) in [6.07, 6.45) is 0. The van der Waals surface area contributed by atoms with Crippen molar-refractivity contribution in [2.45, 2.75) is 11.4 Å². The summed E-state index contributed by atoms with van der Waals surface area (Å²) >= 11 is 9.23. The molecule has 2 aromatic carbocycles. The molecule has 150 valence electrons. The summed E-state index contributed by atoms with van der Waals surface area (Å²) in [5, 5.41) is 0.565. The summed E-state index contributed by atoms with van der Waals surface area (Å²) in [5.74, 6) is -0.238. The minimum absolute atomic E-state index is 0.0750. The molecule has 2 aromatic rings. The second-order valence-corrected chi connectivity index (χ2v) is 9.64. The van der Waals surface area contributed by atoms with Crippen molar-refractivity contribution >= 4 is 43.5 Å². The topological polar surface area (TPSA) is 66.9 Å². The molecule has 1 aliphatic heterocycles. The Morgan fingerprint density at radius 2 is 1.68 bits per heavy atom. The van der Waals surface area contributed by atoms with Gasteiger partial charge in [0, 0.05) is 29.1 Å². The largest absolute Gasteiger partial charge is 0.378 e.